The Labute approximate surface area is 96.8 Å². The van der Waals surface area contributed by atoms with Crippen LogP contribution in [-0.4, -0.2) is 36.5 Å². The molecule has 0 aliphatic heterocycles. The molecule has 15 heavy (non-hydrogen) atoms. The van der Waals surface area contributed by atoms with E-state index in [1.165, 1.54) is 25.7 Å². The highest BCUT2D eigenvalue weighted by atomic mass is 32.2. The minimum atomic E-state index is 0.0530. The molecule has 1 rings (SSSR count). The topological polar surface area (TPSA) is 41.1 Å². The van der Waals surface area contributed by atoms with Gasteiger partial charge in [-0.05, 0) is 19.1 Å². The van der Waals surface area contributed by atoms with E-state index in [4.69, 9.17) is 0 Å². The van der Waals surface area contributed by atoms with Crippen molar-refractivity contribution < 1.29 is 4.79 Å². The van der Waals surface area contributed by atoms with Crippen molar-refractivity contribution in [2.45, 2.75) is 37.4 Å². The molecule has 0 heterocycles. The number of carbonyl (C=O) groups is 1. The molecule has 88 valence electrons. The first-order chi connectivity index (χ1) is 7.18. The first-order valence-corrected chi connectivity index (χ1v) is 6.91. The van der Waals surface area contributed by atoms with Gasteiger partial charge in [0.25, 0.3) is 0 Å². The predicted octanol–water partition coefficient (Wildman–Crippen LogP) is 1.39. The fraction of sp³-hybridized carbons (Fsp3) is 0.909. The van der Waals surface area contributed by atoms with E-state index in [9.17, 15) is 4.79 Å². The molecule has 3 nitrogen and oxygen atoms in total. The third kappa shape index (κ3) is 4.43. The summed E-state index contributed by atoms with van der Waals surface area (Å²) in [4.78, 5) is 10.6. The number of rotatable bonds is 6. The average Bonchev–Trinajstić information content (AvgIpc) is 2.66. The van der Waals surface area contributed by atoms with Crippen LogP contribution in [0.2, 0.25) is 0 Å². The number of carbonyl (C=O) groups excluding carboxylic acids is 1. The van der Waals surface area contributed by atoms with Gasteiger partial charge in [0, 0.05) is 31.3 Å². The van der Waals surface area contributed by atoms with E-state index in [1.54, 1.807) is 6.92 Å². The molecule has 0 unspecified atom stereocenters. The molecule has 0 atom stereocenters. The predicted molar refractivity (Wildman–Crippen MR) is 66.3 cm³/mol. The maximum absolute atomic E-state index is 10.6. The molecule has 1 aliphatic rings. The zero-order valence-corrected chi connectivity index (χ0v) is 10.6. The Bertz CT molecular complexity index is 203. The molecule has 0 aromatic rings. The van der Waals surface area contributed by atoms with Gasteiger partial charge >= 0.3 is 0 Å². The van der Waals surface area contributed by atoms with Crippen LogP contribution < -0.4 is 10.6 Å². The smallest absolute Gasteiger partial charge is 0.216 e. The van der Waals surface area contributed by atoms with E-state index in [0.717, 1.165) is 19.6 Å². The highest BCUT2D eigenvalue weighted by Gasteiger charge is 2.32. The number of nitrogens with one attached hydrogen (secondary N) is 2. The van der Waals surface area contributed by atoms with Gasteiger partial charge in [0.05, 0.1) is 0 Å². The minimum Gasteiger partial charge on any atom is -0.355 e. The summed E-state index contributed by atoms with van der Waals surface area (Å²) < 4.78 is 0.468. The summed E-state index contributed by atoms with van der Waals surface area (Å²) in [5, 5.41) is 6.23. The number of hydrogen-bond donors (Lipinski definition) is 2. The Kier molecular flexibility index (Phi) is 5.47. The van der Waals surface area contributed by atoms with Gasteiger partial charge in [-0.1, -0.05) is 12.8 Å². The molecular formula is C11H22N2OS. The van der Waals surface area contributed by atoms with Crippen LogP contribution >= 0.6 is 11.8 Å². The second-order valence-electron chi connectivity index (χ2n) is 4.25. The van der Waals surface area contributed by atoms with Crippen molar-refractivity contribution in [2.75, 3.05) is 25.9 Å². The molecule has 2 N–H and O–H groups in total. The lowest BCUT2D eigenvalue weighted by atomic mass is 10.1. The van der Waals surface area contributed by atoms with Gasteiger partial charge in [-0.25, -0.2) is 0 Å². The van der Waals surface area contributed by atoms with Crippen molar-refractivity contribution in [1.29, 1.82) is 0 Å². The van der Waals surface area contributed by atoms with Crippen LogP contribution in [0.25, 0.3) is 0 Å². The second-order valence-corrected chi connectivity index (χ2v) is 5.53. The van der Waals surface area contributed by atoms with Crippen molar-refractivity contribution in [3.05, 3.63) is 0 Å². The van der Waals surface area contributed by atoms with Crippen LogP contribution in [0.1, 0.15) is 32.6 Å². The molecule has 1 aliphatic carbocycles. The largest absolute Gasteiger partial charge is 0.355 e. The van der Waals surface area contributed by atoms with Gasteiger partial charge in [-0.3, -0.25) is 4.79 Å². The molecule has 1 fully saturated rings. The van der Waals surface area contributed by atoms with Crippen LogP contribution in [0, 0.1) is 0 Å². The van der Waals surface area contributed by atoms with E-state index in [0.29, 0.717) is 4.75 Å². The number of amides is 1. The van der Waals surface area contributed by atoms with Gasteiger partial charge in [0.1, 0.15) is 0 Å². The Hall–Kier alpha value is -0.220. The van der Waals surface area contributed by atoms with E-state index < -0.39 is 0 Å². The summed E-state index contributed by atoms with van der Waals surface area (Å²) in [5.41, 5.74) is 0. The lowest BCUT2D eigenvalue weighted by Crippen LogP contribution is -2.38. The second kappa shape index (κ2) is 6.38. The Morgan fingerprint density at radius 3 is 2.53 bits per heavy atom. The minimum absolute atomic E-state index is 0.0530. The van der Waals surface area contributed by atoms with Gasteiger partial charge in [0.15, 0.2) is 0 Å². The molecule has 4 heteroatoms. The molecule has 1 amide bonds. The summed E-state index contributed by atoms with van der Waals surface area (Å²) in [5.74, 6) is 0.0530. The standard InChI is InChI=1S/C11H22N2OS/c1-10(14)13-8-7-12-9-11(15-2)5-3-4-6-11/h12H,3-9H2,1-2H3,(H,13,14). The van der Waals surface area contributed by atoms with E-state index in [2.05, 4.69) is 16.9 Å². The number of thioether (sulfide) groups is 1. The third-order valence-electron chi connectivity index (χ3n) is 3.07. The lowest BCUT2D eigenvalue weighted by molar-refractivity contribution is -0.118. The van der Waals surface area contributed by atoms with Gasteiger partial charge in [0.2, 0.25) is 5.91 Å². The Morgan fingerprint density at radius 1 is 1.33 bits per heavy atom. The Morgan fingerprint density at radius 2 is 2.00 bits per heavy atom. The fourth-order valence-electron chi connectivity index (χ4n) is 2.12. The van der Waals surface area contributed by atoms with E-state index in [1.807, 2.05) is 11.8 Å². The zero-order valence-electron chi connectivity index (χ0n) is 9.77. The molecule has 1 saturated carbocycles. The molecule has 0 bridgehead atoms. The van der Waals surface area contributed by atoms with Crippen LogP contribution in [-0.2, 0) is 4.79 Å². The van der Waals surface area contributed by atoms with E-state index >= 15 is 0 Å². The summed E-state index contributed by atoms with van der Waals surface area (Å²) in [7, 11) is 0. The van der Waals surface area contributed by atoms with Crippen LogP contribution in [0.4, 0.5) is 0 Å². The fourth-order valence-corrected chi connectivity index (χ4v) is 3.06. The molecule has 0 saturated heterocycles. The lowest BCUT2D eigenvalue weighted by Gasteiger charge is -2.27. The highest BCUT2D eigenvalue weighted by molar-refractivity contribution is 8.00. The molecule has 0 aromatic carbocycles. The van der Waals surface area contributed by atoms with Crippen molar-refractivity contribution in [1.82, 2.24) is 10.6 Å². The van der Waals surface area contributed by atoms with Crippen molar-refractivity contribution in [3.63, 3.8) is 0 Å². The summed E-state index contributed by atoms with van der Waals surface area (Å²) >= 11 is 1.99. The highest BCUT2D eigenvalue weighted by Crippen LogP contribution is 2.39. The summed E-state index contributed by atoms with van der Waals surface area (Å²) in [6.45, 7) is 4.25. The van der Waals surface area contributed by atoms with Gasteiger partial charge in [-0.2, -0.15) is 11.8 Å². The zero-order chi connectivity index (χ0) is 11.1. The van der Waals surface area contributed by atoms with Crippen LogP contribution in [0.5, 0.6) is 0 Å². The quantitative estimate of drug-likeness (QED) is 0.678. The van der Waals surface area contributed by atoms with Crippen molar-refractivity contribution >= 4 is 17.7 Å². The monoisotopic (exact) mass is 230 g/mol. The van der Waals surface area contributed by atoms with Crippen molar-refractivity contribution in [2.24, 2.45) is 0 Å². The molecular weight excluding hydrogens is 208 g/mol. The normalized spacial score (nSPS) is 19.1. The molecule has 0 radical (unpaired) electrons. The van der Waals surface area contributed by atoms with Crippen molar-refractivity contribution in [3.8, 4) is 0 Å². The van der Waals surface area contributed by atoms with Crippen LogP contribution in [0.3, 0.4) is 0 Å². The first kappa shape index (κ1) is 12.8. The van der Waals surface area contributed by atoms with Gasteiger partial charge in [-0.15, -0.1) is 0 Å². The first-order valence-electron chi connectivity index (χ1n) is 5.69. The molecule has 0 aromatic heterocycles. The summed E-state index contributed by atoms with van der Waals surface area (Å²) in [6, 6.07) is 0. The van der Waals surface area contributed by atoms with Gasteiger partial charge < -0.3 is 10.6 Å². The maximum atomic E-state index is 10.6. The van der Waals surface area contributed by atoms with Crippen LogP contribution in [0.15, 0.2) is 0 Å². The Balaban J connectivity index is 2.10. The SMILES string of the molecule is CSC1(CNCCNC(C)=O)CCCC1. The molecule has 0 spiro atoms. The average molecular weight is 230 g/mol. The number of hydrogen-bond acceptors (Lipinski definition) is 3. The maximum Gasteiger partial charge on any atom is 0.216 e. The third-order valence-corrected chi connectivity index (χ3v) is 4.49. The van der Waals surface area contributed by atoms with E-state index in [-0.39, 0.29) is 5.91 Å². The summed E-state index contributed by atoms with van der Waals surface area (Å²) in [6.07, 6.45) is 7.62.